The van der Waals surface area contributed by atoms with E-state index in [1.54, 1.807) is 11.0 Å². The summed E-state index contributed by atoms with van der Waals surface area (Å²) in [5.74, 6) is 0.620. The molecule has 1 aromatic heterocycles. The number of aromatic nitrogens is 2. The van der Waals surface area contributed by atoms with Crippen molar-refractivity contribution in [1.29, 1.82) is 0 Å². The molecule has 0 spiro atoms. The molecule has 0 saturated heterocycles. The Morgan fingerprint density at radius 1 is 0.815 bits per heavy atom. The van der Waals surface area contributed by atoms with Crippen molar-refractivity contribution in [3.63, 3.8) is 0 Å². The van der Waals surface area contributed by atoms with Gasteiger partial charge in [0, 0.05) is 25.3 Å². The number of carbonyl (C=O) groups excluding carboxylic acids is 1. The molecule has 0 radical (unpaired) electrons. The zero-order valence-electron chi connectivity index (χ0n) is 15.7. The maximum Gasteiger partial charge on any atom is 0.278 e. The fourth-order valence-corrected chi connectivity index (χ4v) is 2.96. The number of hydrogen-bond donors (Lipinski definition) is 0. The summed E-state index contributed by atoms with van der Waals surface area (Å²) in [5, 5.41) is 8.51. The highest BCUT2D eigenvalue weighted by Gasteiger charge is 2.18. The summed E-state index contributed by atoms with van der Waals surface area (Å²) in [6, 6.07) is 23.5. The van der Waals surface area contributed by atoms with Crippen LogP contribution in [0.15, 0.2) is 72.8 Å². The Bertz CT molecular complexity index is 851. The van der Waals surface area contributed by atoms with Gasteiger partial charge in [0.15, 0.2) is 11.5 Å². The van der Waals surface area contributed by atoms with Gasteiger partial charge < -0.3 is 9.80 Å². The Labute approximate surface area is 160 Å². The molecule has 5 heteroatoms. The number of nitrogens with zero attached hydrogens (tertiary/aromatic N) is 4. The van der Waals surface area contributed by atoms with E-state index in [0.29, 0.717) is 12.2 Å². The van der Waals surface area contributed by atoms with Crippen LogP contribution in [0.25, 0.3) is 0 Å². The van der Waals surface area contributed by atoms with E-state index in [-0.39, 0.29) is 5.91 Å². The molecule has 0 aliphatic carbocycles. The highest BCUT2D eigenvalue weighted by molar-refractivity contribution is 6.04. The second-order valence-electron chi connectivity index (χ2n) is 6.16. The molecule has 138 valence electrons. The molecular weight excluding hydrogens is 336 g/mol. The lowest BCUT2D eigenvalue weighted by atomic mass is 10.2. The van der Waals surface area contributed by atoms with E-state index in [1.807, 2.05) is 61.5 Å². The Morgan fingerprint density at radius 2 is 1.48 bits per heavy atom. The van der Waals surface area contributed by atoms with Crippen LogP contribution >= 0.6 is 0 Å². The van der Waals surface area contributed by atoms with Crippen molar-refractivity contribution in [2.24, 2.45) is 0 Å². The van der Waals surface area contributed by atoms with Gasteiger partial charge in [0.2, 0.25) is 0 Å². The van der Waals surface area contributed by atoms with Gasteiger partial charge in [0.1, 0.15) is 0 Å². The molecule has 0 saturated carbocycles. The van der Waals surface area contributed by atoms with Crippen LogP contribution in [0.1, 0.15) is 29.9 Å². The molecule has 0 N–H and O–H groups in total. The number of rotatable bonds is 7. The van der Waals surface area contributed by atoms with E-state index in [0.717, 1.165) is 24.6 Å². The van der Waals surface area contributed by atoms with Crippen molar-refractivity contribution in [3.05, 3.63) is 84.1 Å². The third-order valence-electron chi connectivity index (χ3n) is 4.42. The number of benzene rings is 2. The third kappa shape index (κ3) is 4.50. The molecule has 0 atom stereocenters. The predicted molar refractivity (Wildman–Crippen MR) is 109 cm³/mol. The lowest BCUT2D eigenvalue weighted by molar-refractivity contribution is 0.0982. The first kappa shape index (κ1) is 18.6. The van der Waals surface area contributed by atoms with Gasteiger partial charge in [0.05, 0.1) is 0 Å². The van der Waals surface area contributed by atoms with Crippen LogP contribution in [-0.2, 0) is 6.54 Å². The van der Waals surface area contributed by atoms with Crippen molar-refractivity contribution in [2.75, 3.05) is 22.9 Å². The first-order valence-corrected chi connectivity index (χ1v) is 9.22. The average molecular weight is 360 g/mol. The normalized spacial score (nSPS) is 10.4. The van der Waals surface area contributed by atoms with E-state index < -0.39 is 0 Å². The first-order chi connectivity index (χ1) is 13.2. The maximum atomic E-state index is 12.8. The van der Waals surface area contributed by atoms with Gasteiger partial charge in [0.25, 0.3) is 5.91 Å². The van der Waals surface area contributed by atoms with Crippen LogP contribution in [0.4, 0.5) is 11.5 Å². The Morgan fingerprint density at radius 3 is 2.04 bits per heavy atom. The summed E-state index contributed by atoms with van der Waals surface area (Å²) >= 11 is 0. The first-order valence-electron chi connectivity index (χ1n) is 9.22. The molecule has 0 aliphatic rings. The molecule has 27 heavy (non-hydrogen) atoms. The van der Waals surface area contributed by atoms with E-state index >= 15 is 0 Å². The minimum Gasteiger partial charge on any atom is -0.351 e. The van der Waals surface area contributed by atoms with Gasteiger partial charge in [-0.2, -0.15) is 0 Å². The van der Waals surface area contributed by atoms with E-state index in [2.05, 4.69) is 34.2 Å². The van der Waals surface area contributed by atoms with Crippen LogP contribution in [0.3, 0.4) is 0 Å². The molecule has 3 rings (SSSR count). The van der Waals surface area contributed by atoms with Gasteiger partial charge in [-0.15, -0.1) is 10.2 Å². The SMILES string of the molecule is CCN(Cc1ccccc1)c1ccc(C(=O)N(CC)c2ccccc2)nn1. The third-order valence-corrected chi connectivity index (χ3v) is 4.42. The minimum atomic E-state index is -0.145. The van der Waals surface area contributed by atoms with Gasteiger partial charge in [-0.3, -0.25) is 4.79 Å². The van der Waals surface area contributed by atoms with Gasteiger partial charge in [-0.1, -0.05) is 48.5 Å². The van der Waals surface area contributed by atoms with Gasteiger partial charge in [-0.05, 0) is 43.7 Å². The molecule has 1 heterocycles. The van der Waals surface area contributed by atoms with Gasteiger partial charge in [-0.25, -0.2) is 0 Å². The molecule has 0 aliphatic heterocycles. The smallest absolute Gasteiger partial charge is 0.278 e. The minimum absolute atomic E-state index is 0.145. The number of hydrogen-bond acceptors (Lipinski definition) is 4. The van der Waals surface area contributed by atoms with Gasteiger partial charge >= 0.3 is 0 Å². The van der Waals surface area contributed by atoms with Crippen molar-refractivity contribution in [3.8, 4) is 0 Å². The fraction of sp³-hybridized carbons (Fsp3) is 0.227. The van der Waals surface area contributed by atoms with Crippen molar-refractivity contribution in [2.45, 2.75) is 20.4 Å². The molecule has 2 aromatic carbocycles. The molecule has 3 aromatic rings. The Kier molecular flexibility index (Phi) is 6.15. The number of anilines is 2. The standard InChI is InChI=1S/C22H24N4O/c1-3-25(17-18-11-7-5-8-12-18)21-16-15-20(23-24-21)22(27)26(4-2)19-13-9-6-10-14-19/h5-16H,3-4,17H2,1-2H3. The summed E-state index contributed by atoms with van der Waals surface area (Å²) in [5.41, 5.74) is 2.41. The average Bonchev–Trinajstić information content (AvgIpc) is 2.74. The molecular formula is C22H24N4O. The zero-order chi connectivity index (χ0) is 19.1. The number of carbonyl (C=O) groups is 1. The quantitative estimate of drug-likeness (QED) is 0.634. The largest absolute Gasteiger partial charge is 0.351 e. The topological polar surface area (TPSA) is 49.3 Å². The second kappa shape index (κ2) is 8.94. The van der Waals surface area contributed by atoms with Crippen LogP contribution in [0.5, 0.6) is 0 Å². The lowest BCUT2D eigenvalue weighted by Crippen LogP contribution is -2.31. The second-order valence-corrected chi connectivity index (χ2v) is 6.16. The summed E-state index contributed by atoms with van der Waals surface area (Å²) < 4.78 is 0. The summed E-state index contributed by atoms with van der Waals surface area (Å²) in [6.07, 6.45) is 0. The van der Waals surface area contributed by atoms with Crippen molar-refractivity contribution >= 4 is 17.4 Å². The number of amides is 1. The monoisotopic (exact) mass is 360 g/mol. The highest BCUT2D eigenvalue weighted by atomic mass is 16.2. The van der Waals surface area contributed by atoms with Crippen molar-refractivity contribution in [1.82, 2.24) is 10.2 Å². The summed E-state index contributed by atoms with van der Waals surface area (Å²) in [7, 11) is 0. The van der Waals surface area contributed by atoms with Crippen LogP contribution < -0.4 is 9.80 Å². The Balaban J connectivity index is 1.76. The number of para-hydroxylation sites is 1. The predicted octanol–water partition coefficient (Wildman–Crippen LogP) is 4.17. The van der Waals surface area contributed by atoms with Crippen LogP contribution in [0.2, 0.25) is 0 Å². The maximum absolute atomic E-state index is 12.8. The molecule has 0 bridgehead atoms. The van der Waals surface area contributed by atoms with E-state index in [4.69, 9.17) is 0 Å². The van der Waals surface area contributed by atoms with Crippen molar-refractivity contribution < 1.29 is 4.79 Å². The van der Waals surface area contributed by atoms with E-state index in [9.17, 15) is 4.79 Å². The molecule has 0 fully saturated rings. The molecule has 5 nitrogen and oxygen atoms in total. The fourth-order valence-electron chi connectivity index (χ4n) is 2.96. The molecule has 1 amide bonds. The van der Waals surface area contributed by atoms with Crippen LogP contribution in [-0.4, -0.2) is 29.2 Å². The van der Waals surface area contributed by atoms with E-state index in [1.165, 1.54) is 5.56 Å². The highest BCUT2D eigenvalue weighted by Crippen LogP contribution is 2.18. The summed E-state index contributed by atoms with van der Waals surface area (Å²) in [4.78, 5) is 16.7. The Hall–Kier alpha value is -3.21. The van der Waals surface area contributed by atoms with Crippen LogP contribution in [0, 0.1) is 0 Å². The molecule has 0 unspecified atom stereocenters. The lowest BCUT2D eigenvalue weighted by Gasteiger charge is -2.23. The zero-order valence-corrected chi connectivity index (χ0v) is 15.7. The summed E-state index contributed by atoms with van der Waals surface area (Å²) in [6.45, 7) is 6.16.